The number of pyridine rings is 4. The van der Waals surface area contributed by atoms with Crippen molar-refractivity contribution in [1.29, 1.82) is 0 Å². The Kier molecular flexibility index (Phi) is 30.8. The summed E-state index contributed by atoms with van der Waals surface area (Å²) < 4.78 is 56.6. The molecule has 3 fully saturated rings. The van der Waals surface area contributed by atoms with Gasteiger partial charge in [0.2, 0.25) is 35.6 Å². The van der Waals surface area contributed by atoms with Crippen molar-refractivity contribution in [3.05, 3.63) is 162 Å². The molecule has 0 bridgehead atoms. The molecule has 35 nitrogen and oxygen atoms in total. The normalized spacial score (nSPS) is 14.9. The number of nitrogens with zero attached hydrogens (tertiary/aromatic N) is 19. The average Bonchev–Trinajstić information content (AvgIpc) is 1.68. The molecular weight excluding hydrogens is 1740 g/mol. The number of thiazole rings is 4. The third kappa shape index (κ3) is 25.2. The lowest BCUT2D eigenvalue weighted by Gasteiger charge is -2.39. The van der Waals surface area contributed by atoms with Crippen molar-refractivity contribution in [2.45, 2.75) is 166 Å². The third-order valence-electron chi connectivity index (χ3n) is 20.6. The molecule has 680 valence electrons. The van der Waals surface area contributed by atoms with E-state index in [0.717, 1.165) is 44.8 Å². The predicted molar refractivity (Wildman–Crippen MR) is 484 cm³/mol. The number of Topliss-reactive ketones (excluding diaryl/α,β-unsaturated/α-hetero) is 2. The van der Waals surface area contributed by atoms with Gasteiger partial charge < -0.3 is 57.2 Å². The standard InChI is InChI=1S/C23H27FN6O2S.C22H28FN7O2S.C21H24FN7O2S.C20H22FN7O2S/c1-12(15-7-16(24)9-25-8-15)26-22-28-18(19-20(29-22)27-13(2)33-19)21(32)30-10-14(11-30)6-17(31)23(3,4)5;1-12(14-9-15(23)11-24-10-14)26-20-28-17(18-19(29-20)27-13(2)33-18)16(31)7-6-8-25-21(32)30-22(3,4)5;1-4-24-19(30)13-5-6-29(10-13)20(31)16-17-18(26-12(3)32-17)28-21(27-16)25-11(2)14-7-15(22)9-23-8-14;1-10(14-4-15(21)7-22-6-14)24-20-26-16(17-18(27-20)25-12(3)31-17)19(30)28-8-13(9-28)5-23-11(2)29/h7-9,12,14H,6,10-11H2,1-5H3,(H,26,28,29);9-12H,6-8H2,1-5H3,(H2,25,30,32)(H,26,28,29);7-9,11,13H,4-6,10H2,1-3H3,(H,24,30)(H,25,27,28);4,6-7,10,13H,5,8-9H2,1-3H3,(H,23,29)(H,24,26,27)/t2*12-;11-,13?;10-/m0000/s1. The topological polar surface area (TPSA) is 449 Å². The maximum atomic E-state index is 13.6. The van der Waals surface area contributed by atoms with Crippen LogP contribution in [0.3, 0.4) is 0 Å². The van der Waals surface area contributed by atoms with Gasteiger partial charge in [0.05, 0.1) is 74.9 Å². The summed E-state index contributed by atoms with van der Waals surface area (Å²) in [5.74, 6) is -1.35. The Morgan fingerprint density at radius 2 is 0.798 bits per heavy atom. The Morgan fingerprint density at radius 1 is 0.450 bits per heavy atom. The molecule has 0 saturated carbocycles. The number of urea groups is 1. The number of aryl methyl sites for hydroxylation is 4. The van der Waals surface area contributed by atoms with Crippen LogP contribution in [0.4, 0.5) is 46.1 Å². The molecule has 12 aromatic rings. The van der Waals surface area contributed by atoms with Crippen molar-refractivity contribution >= 4 is 158 Å². The first-order valence-corrected chi connectivity index (χ1v) is 45.1. The fraction of sp³-hybridized carbons (Fsp3) is 0.442. The monoisotopic (exact) mass is 1840 g/mol. The van der Waals surface area contributed by atoms with Gasteiger partial charge in [-0.3, -0.25) is 53.5 Å². The lowest BCUT2D eigenvalue weighted by molar-refractivity contribution is -0.128. The molecular formula is C86H101F4N27O8S4. The molecule has 0 spiro atoms. The van der Waals surface area contributed by atoms with Gasteiger partial charge in [-0.2, -0.15) is 19.9 Å². The molecule has 7 amide bonds. The SMILES string of the molecule is CC(=O)NCC1CN(C(=O)c2nc(N[C@@H](C)c3cncc(F)c3)nc3nc(C)sc23)C1.CCNC(=O)C1CCN(C(=O)c2nc(N[C@@H](C)c3cncc(F)c3)nc3nc(C)sc23)C1.Cc1nc2nc(N[C@@H](C)c3cncc(F)c3)nc(C(=O)CCCNC(=O)NC(C)(C)C)c2s1.Cc1nc2nc(N[C@@H](C)c3cncc(F)c3)nc(C(=O)N3CC(CC(=O)C(C)(C)C)C3)c2s1. The molecule has 0 radical (unpaired) electrons. The molecule has 1 unspecified atom stereocenters. The summed E-state index contributed by atoms with van der Waals surface area (Å²) in [7, 11) is 0. The fourth-order valence-electron chi connectivity index (χ4n) is 13.8. The molecule has 12 aromatic heterocycles. The number of anilines is 4. The van der Waals surface area contributed by atoms with Gasteiger partial charge in [0, 0.05) is 126 Å². The number of ketones is 2. The minimum Gasteiger partial charge on any atom is -0.356 e. The Bertz CT molecular complexity index is 6150. The van der Waals surface area contributed by atoms with Crippen LogP contribution >= 0.6 is 45.3 Å². The first-order chi connectivity index (χ1) is 61.2. The van der Waals surface area contributed by atoms with Gasteiger partial charge in [-0.1, -0.05) is 20.8 Å². The van der Waals surface area contributed by atoms with Crippen LogP contribution in [-0.4, -0.2) is 206 Å². The number of hydrogen-bond acceptors (Lipinski definition) is 32. The molecule has 3 aliphatic rings. The first-order valence-electron chi connectivity index (χ1n) is 41.8. The number of amides is 7. The van der Waals surface area contributed by atoms with Crippen molar-refractivity contribution in [3.8, 4) is 0 Å². The van der Waals surface area contributed by atoms with Crippen molar-refractivity contribution in [2.75, 3.05) is 80.2 Å². The van der Waals surface area contributed by atoms with Crippen molar-refractivity contribution in [2.24, 2.45) is 23.2 Å². The maximum absolute atomic E-state index is 13.6. The Hall–Kier alpha value is -12.6. The summed E-state index contributed by atoms with van der Waals surface area (Å²) in [6, 6.07) is 3.94. The van der Waals surface area contributed by atoms with E-state index in [9.17, 15) is 55.9 Å². The first kappa shape index (κ1) is 95.5. The van der Waals surface area contributed by atoms with E-state index in [1.54, 1.807) is 39.5 Å². The molecule has 8 N–H and O–H groups in total. The van der Waals surface area contributed by atoms with Crippen LogP contribution in [0.5, 0.6) is 0 Å². The van der Waals surface area contributed by atoms with Crippen LogP contribution in [-0.2, 0) is 14.4 Å². The predicted octanol–water partition coefficient (Wildman–Crippen LogP) is 13.4. The highest BCUT2D eigenvalue weighted by atomic mass is 32.1. The van der Waals surface area contributed by atoms with E-state index < -0.39 is 23.3 Å². The van der Waals surface area contributed by atoms with E-state index in [0.29, 0.717) is 153 Å². The third-order valence-corrected chi connectivity index (χ3v) is 24.5. The van der Waals surface area contributed by atoms with Gasteiger partial charge in [0.15, 0.2) is 45.5 Å². The number of aromatic nitrogens is 16. The Morgan fingerprint density at radius 3 is 1.14 bits per heavy atom. The quantitative estimate of drug-likeness (QED) is 0.0142. The molecule has 15 heterocycles. The number of likely N-dealkylation sites (tertiary alicyclic amines) is 3. The highest BCUT2D eigenvalue weighted by molar-refractivity contribution is 7.20. The van der Waals surface area contributed by atoms with Crippen molar-refractivity contribution < 1.29 is 55.9 Å². The number of rotatable bonds is 26. The molecule has 3 aliphatic heterocycles. The van der Waals surface area contributed by atoms with Crippen LogP contribution in [0, 0.1) is 74.1 Å². The second-order valence-electron chi connectivity index (χ2n) is 33.6. The number of fused-ring (bicyclic) bond motifs is 4. The molecule has 15 rings (SSSR count). The van der Waals surface area contributed by atoms with Crippen LogP contribution in [0.1, 0.15) is 217 Å². The lowest BCUT2D eigenvalue weighted by Crippen LogP contribution is -2.53. The van der Waals surface area contributed by atoms with Gasteiger partial charge in [0.1, 0.15) is 53.5 Å². The average molecular weight is 1850 g/mol. The minimum absolute atomic E-state index is 0.0378. The summed E-state index contributed by atoms with van der Waals surface area (Å²) in [6.07, 6.45) is 12.6. The molecule has 5 atom stereocenters. The minimum atomic E-state index is -0.437. The summed E-state index contributed by atoms with van der Waals surface area (Å²) >= 11 is 5.46. The van der Waals surface area contributed by atoms with Crippen molar-refractivity contribution in [1.82, 2.24) is 116 Å². The molecule has 0 aliphatic carbocycles. The van der Waals surface area contributed by atoms with E-state index in [1.807, 2.05) is 104 Å². The van der Waals surface area contributed by atoms with E-state index >= 15 is 0 Å². The van der Waals surface area contributed by atoms with Gasteiger partial charge in [-0.25, -0.2) is 62.2 Å². The van der Waals surface area contributed by atoms with E-state index in [4.69, 9.17) is 0 Å². The molecule has 129 heavy (non-hydrogen) atoms. The number of carbonyl (C=O) groups excluding carboxylic acids is 8. The van der Waals surface area contributed by atoms with Crippen molar-refractivity contribution in [3.63, 3.8) is 0 Å². The number of halogens is 4. The van der Waals surface area contributed by atoms with E-state index in [2.05, 4.69) is 122 Å². The molecule has 3 saturated heterocycles. The van der Waals surface area contributed by atoms with Crippen LogP contribution < -0.4 is 42.5 Å². The number of nitrogens with one attached hydrogen (secondary N) is 8. The summed E-state index contributed by atoms with van der Waals surface area (Å²) in [6.45, 7) is 33.9. The maximum Gasteiger partial charge on any atom is 0.315 e. The fourth-order valence-corrected chi connectivity index (χ4v) is 17.2. The van der Waals surface area contributed by atoms with Gasteiger partial charge in [0.25, 0.3) is 17.7 Å². The second kappa shape index (κ2) is 41.6. The highest BCUT2D eigenvalue weighted by Crippen LogP contribution is 2.36. The van der Waals surface area contributed by atoms with Crippen LogP contribution in [0.25, 0.3) is 41.4 Å². The largest absolute Gasteiger partial charge is 0.356 e. The molecule has 43 heteroatoms. The molecule has 0 aromatic carbocycles. The summed E-state index contributed by atoms with van der Waals surface area (Å²) in [4.78, 5) is 174. The Balaban J connectivity index is 0.000000156. The van der Waals surface area contributed by atoms with Crippen LogP contribution in [0.2, 0.25) is 0 Å². The number of hydrogen-bond donors (Lipinski definition) is 8. The van der Waals surface area contributed by atoms with Crippen LogP contribution in [0.15, 0.2) is 73.8 Å². The van der Waals surface area contributed by atoms with E-state index in [1.165, 1.54) is 76.5 Å². The van der Waals surface area contributed by atoms with Gasteiger partial charge >= 0.3 is 6.03 Å². The zero-order valence-electron chi connectivity index (χ0n) is 74.1. The summed E-state index contributed by atoms with van der Waals surface area (Å²) in [5.41, 5.74) is 4.69. The van der Waals surface area contributed by atoms with Gasteiger partial charge in [-0.05, 0) is 142 Å². The zero-order chi connectivity index (χ0) is 93.0. The van der Waals surface area contributed by atoms with E-state index in [-0.39, 0.29) is 142 Å². The number of carbonyl (C=O) groups is 8. The highest BCUT2D eigenvalue weighted by Gasteiger charge is 2.39. The lowest BCUT2D eigenvalue weighted by atomic mass is 9.83. The summed E-state index contributed by atoms with van der Waals surface area (Å²) in [5, 5.41) is 26.7. The second-order valence-corrected chi connectivity index (χ2v) is 38.4. The zero-order valence-corrected chi connectivity index (χ0v) is 77.3. The Labute approximate surface area is 756 Å². The smallest absolute Gasteiger partial charge is 0.315 e. The van der Waals surface area contributed by atoms with Gasteiger partial charge in [-0.15, -0.1) is 45.3 Å².